The average molecular weight is 205 g/mol. The fourth-order valence-electron chi connectivity index (χ4n) is 1.66. The molecule has 15 heavy (non-hydrogen) atoms. The molecule has 3 nitrogen and oxygen atoms in total. The van der Waals surface area contributed by atoms with Gasteiger partial charge in [0.1, 0.15) is 5.75 Å². The van der Waals surface area contributed by atoms with Gasteiger partial charge in [0, 0.05) is 5.92 Å². The first-order chi connectivity index (χ1) is 7.22. The van der Waals surface area contributed by atoms with Gasteiger partial charge in [0.2, 0.25) is 0 Å². The van der Waals surface area contributed by atoms with Gasteiger partial charge in [-0.2, -0.15) is 0 Å². The topological polar surface area (TPSA) is 38.3 Å². The Bertz CT molecular complexity index is 376. The standard InChI is InChI=1S/C12H15NO2/c1-3-8(2)11-12(14)13-9-6-4-5-7-10(9)15-11/h4-8,11H,3H2,1-2H3,(H,13,14). The van der Waals surface area contributed by atoms with E-state index in [9.17, 15) is 4.79 Å². The average Bonchev–Trinajstić information content (AvgIpc) is 2.27. The van der Waals surface area contributed by atoms with Gasteiger partial charge < -0.3 is 10.1 Å². The zero-order valence-corrected chi connectivity index (χ0v) is 8.99. The van der Waals surface area contributed by atoms with Crippen molar-refractivity contribution in [1.29, 1.82) is 0 Å². The smallest absolute Gasteiger partial charge is 0.265 e. The molecule has 2 atom stereocenters. The molecule has 0 bridgehead atoms. The zero-order valence-electron chi connectivity index (χ0n) is 8.99. The molecular weight excluding hydrogens is 190 g/mol. The quantitative estimate of drug-likeness (QED) is 0.805. The molecule has 0 saturated carbocycles. The molecule has 1 aromatic rings. The Labute approximate surface area is 89.4 Å². The summed E-state index contributed by atoms with van der Waals surface area (Å²) in [5, 5.41) is 2.86. The van der Waals surface area contributed by atoms with Crippen LogP contribution in [0.3, 0.4) is 0 Å². The SMILES string of the molecule is CCC(C)C1Oc2ccccc2NC1=O. The number of hydrogen-bond acceptors (Lipinski definition) is 2. The minimum atomic E-state index is -0.357. The highest BCUT2D eigenvalue weighted by Crippen LogP contribution is 2.31. The molecule has 0 aromatic heterocycles. The van der Waals surface area contributed by atoms with Crippen LogP contribution in [0.5, 0.6) is 5.75 Å². The molecule has 1 aliphatic heterocycles. The van der Waals surface area contributed by atoms with Gasteiger partial charge >= 0.3 is 0 Å². The number of fused-ring (bicyclic) bond motifs is 1. The summed E-state index contributed by atoms with van der Waals surface area (Å²) >= 11 is 0. The van der Waals surface area contributed by atoms with Crippen LogP contribution < -0.4 is 10.1 Å². The maximum absolute atomic E-state index is 11.7. The Balaban J connectivity index is 2.26. The number of benzene rings is 1. The molecule has 0 fully saturated rings. The third-order valence-corrected chi connectivity index (χ3v) is 2.82. The van der Waals surface area contributed by atoms with Gasteiger partial charge in [0.15, 0.2) is 6.10 Å². The molecule has 1 amide bonds. The van der Waals surface area contributed by atoms with Crippen LogP contribution in [0.4, 0.5) is 5.69 Å². The predicted molar refractivity (Wildman–Crippen MR) is 58.9 cm³/mol. The van der Waals surface area contributed by atoms with Crippen LogP contribution in [0.25, 0.3) is 0 Å². The molecule has 2 rings (SSSR count). The van der Waals surface area contributed by atoms with Gasteiger partial charge in [-0.15, -0.1) is 0 Å². The normalized spacial score (nSPS) is 21.2. The van der Waals surface area contributed by atoms with E-state index < -0.39 is 0 Å². The first-order valence-corrected chi connectivity index (χ1v) is 5.29. The first kappa shape index (κ1) is 10.0. The molecule has 0 saturated heterocycles. The summed E-state index contributed by atoms with van der Waals surface area (Å²) in [5.41, 5.74) is 0.766. The van der Waals surface area contributed by atoms with Gasteiger partial charge in [-0.25, -0.2) is 0 Å². The summed E-state index contributed by atoms with van der Waals surface area (Å²) in [6, 6.07) is 7.51. The highest BCUT2D eigenvalue weighted by Gasteiger charge is 2.30. The van der Waals surface area contributed by atoms with Crippen molar-refractivity contribution >= 4 is 11.6 Å². The van der Waals surface area contributed by atoms with Crippen LogP contribution >= 0.6 is 0 Å². The lowest BCUT2D eigenvalue weighted by atomic mass is 10.00. The lowest BCUT2D eigenvalue weighted by Crippen LogP contribution is -2.41. The Morgan fingerprint density at radius 2 is 2.20 bits per heavy atom. The summed E-state index contributed by atoms with van der Waals surface area (Å²) in [6.07, 6.45) is 0.574. The van der Waals surface area contributed by atoms with E-state index in [2.05, 4.69) is 12.2 Å². The molecule has 0 radical (unpaired) electrons. The Morgan fingerprint density at radius 1 is 1.47 bits per heavy atom. The molecule has 1 aromatic carbocycles. The van der Waals surface area contributed by atoms with Gasteiger partial charge in [0.05, 0.1) is 5.69 Å². The highest BCUT2D eigenvalue weighted by atomic mass is 16.5. The summed E-state index contributed by atoms with van der Waals surface area (Å²) in [6.45, 7) is 4.08. The summed E-state index contributed by atoms with van der Waals surface area (Å²) in [7, 11) is 0. The molecular formula is C12H15NO2. The van der Waals surface area contributed by atoms with Gasteiger partial charge in [-0.1, -0.05) is 26.0 Å². The molecule has 2 unspecified atom stereocenters. The van der Waals surface area contributed by atoms with E-state index in [0.717, 1.165) is 17.9 Å². The summed E-state index contributed by atoms with van der Waals surface area (Å²) < 4.78 is 5.68. The van der Waals surface area contributed by atoms with E-state index >= 15 is 0 Å². The van der Waals surface area contributed by atoms with Crippen LogP contribution in [-0.2, 0) is 4.79 Å². The number of ether oxygens (including phenoxy) is 1. The fourth-order valence-corrected chi connectivity index (χ4v) is 1.66. The zero-order chi connectivity index (χ0) is 10.8. The molecule has 80 valence electrons. The van der Waals surface area contributed by atoms with Crippen molar-refractivity contribution in [3.8, 4) is 5.75 Å². The van der Waals surface area contributed by atoms with Crippen molar-refractivity contribution < 1.29 is 9.53 Å². The number of rotatable bonds is 2. The summed E-state index contributed by atoms with van der Waals surface area (Å²) in [4.78, 5) is 11.7. The Kier molecular flexibility index (Phi) is 2.62. The monoisotopic (exact) mass is 205 g/mol. The van der Waals surface area contributed by atoms with Gasteiger partial charge in [-0.05, 0) is 18.6 Å². The third kappa shape index (κ3) is 1.82. The molecule has 1 N–H and O–H groups in total. The molecule has 3 heteroatoms. The molecule has 1 heterocycles. The largest absolute Gasteiger partial charge is 0.478 e. The molecule has 0 spiro atoms. The molecule has 0 aliphatic carbocycles. The second-order valence-corrected chi connectivity index (χ2v) is 3.91. The number of amides is 1. The Hall–Kier alpha value is -1.51. The van der Waals surface area contributed by atoms with Crippen LogP contribution in [-0.4, -0.2) is 12.0 Å². The predicted octanol–water partition coefficient (Wildman–Crippen LogP) is 2.43. The van der Waals surface area contributed by atoms with E-state index in [1.165, 1.54) is 0 Å². The fraction of sp³-hybridized carbons (Fsp3) is 0.417. The minimum absolute atomic E-state index is 0.0388. The van der Waals surface area contributed by atoms with Gasteiger partial charge in [0.25, 0.3) is 5.91 Å². The van der Waals surface area contributed by atoms with Crippen LogP contribution in [0.2, 0.25) is 0 Å². The Morgan fingerprint density at radius 3 is 2.93 bits per heavy atom. The van der Waals surface area contributed by atoms with E-state index in [4.69, 9.17) is 4.74 Å². The minimum Gasteiger partial charge on any atom is -0.478 e. The van der Waals surface area contributed by atoms with E-state index in [0.29, 0.717) is 0 Å². The van der Waals surface area contributed by atoms with Gasteiger partial charge in [-0.3, -0.25) is 4.79 Å². The van der Waals surface area contributed by atoms with Crippen molar-refractivity contribution in [1.82, 2.24) is 0 Å². The van der Waals surface area contributed by atoms with Crippen molar-refractivity contribution in [2.75, 3.05) is 5.32 Å². The number of nitrogens with one attached hydrogen (secondary N) is 1. The first-order valence-electron chi connectivity index (χ1n) is 5.29. The maximum Gasteiger partial charge on any atom is 0.265 e. The van der Waals surface area contributed by atoms with Crippen LogP contribution in [0.1, 0.15) is 20.3 Å². The van der Waals surface area contributed by atoms with Crippen molar-refractivity contribution in [3.63, 3.8) is 0 Å². The van der Waals surface area contributed by atoms with Crippen molar-refractivity contribution in [2.24, 2.45) is 5.92 Å². The third-order valence-electron chi connectivity index (χ3n) is 2.82. The second kappa shape index (κ2) is 3.93. The van der Waals surface area contributed by atoms with Crippen molar-refractivity contribution in [3.05, 3.63) is 24.3 Å². The van der Waals surface area contributed by atoms with Crippen molar-refractivity contribution in [2.45, 2.75) is 26.4 Å². The highest BCUT2D eigenvalue weighted by molar-refractivity contribution is 5.97. The van der Waals surface area contributed by atoms with E-state index in [1.54, 1.807) is 0 Å². The van der Waals surface area contributed by atoms with E-state index in [-0.39, 0.29) is 17.9 Å². The number of anilines is 1. The second-order valence-electron chi connectivity index (χ2n) is 3.91. The van der Waals surface area contributed by atoms with E-state index in [1.807, 2.05) is 31.2 Å². The lowest BCUT2D eigenvalue weighted by molar-refractivity contribution is -0.125. The van der Waals surface area contributed by atoms with Crippen LogP contribution in [0.15, 0.2) is 24.3 Å². The summed E-state index contributed by atoms with van der Waals surface area (Å²) in [5.74, 6) is 0.962. The molecule has 1 aliphatic rings. The number of carbonyl (C=O) groups is 1. The number of carbonyl (C=O) groups excluding carboxylic acids is 1. The van der Waals surface area contributed by atoms with Crippen LogP contribution in [0, 0.1) is 5.92 Å². The lowest BCUT2D eigenvalue weighted by Gasteiger charge is -2.29. The number of hydrogen-bond donors (Lipinski definition) is 1. The number of para-hydroxylation sites is 2. The maximum atomic E-state index is 11.7.